The van der Waals surface area contributed by atoms with Gasteiger partial charge in [0, 0.05) is 26.2 Å². The lowest BCUT2D eigenvalue weighted by molar-refractivity contribution is -0.107. The maximum absolute atomic E-state index is 10.8. The van der Waals surface area contributed by atoms with Crippen LogP contribution in [0.15, 0.2) is 42.1 Å². The highest BCUT2D eigenvalue weighted by atomic mass is 35.5. The molecule has 0 aromatic heterocycles. The predicted molar refractivity (Wildman–Crippen MR) is 113 cm³/mol. The minimum Gasteiger partial charge on any atom is -0.376 e. The van der Waals surface area contributed by atoms with Crippen molar-refractivity contribution in [3.63, 3.8) is 0 Å². The molecule has 0 atom stereocenters. The summed E-state index contributed by atoms with van der Waals surface area (Å²) in [5, 5.41) is 1.10. The molecule has 0 saturated carbocycles. The van der Waals surface area contributed by atoms with Crippen molar-refractivity contribution in [3.05, 3.63) is 57.7 Å². The normalized spacial score (nSPS) is 10.0. The van der Waals surface area contributed by atoms with Crippen LogP contribution in [-0.4, -0.2) is 18.2 Å². The Morgan fingerprint density at radius 1 is 1.16 bits per heavy atom. The van der Waals surface area contributed by atoms with Gasteiger partial charge in [-0.15, -0.1) is 0 Å². The molecule has 0 fully saturated rings. The molecule has 1 rings (SSSR count). The van der Waals surface area contributed by atoms with Crippen molar-refractivity contribution in [2.75, 3.05) is 7.05 Å². The summed E-state index contributed by atoms with van der Waals surface area (Å²) in [6.45, 7) is 14.9. The van der Waals surface area contributed by atoms with Gasteiger partial charge in [0.25, 0.3) is 0 Å². The van der Waals surface area contributed by atoms with Crippen LogP contribution in [0.5, 0.6) is 0 Å². The molecule has 0 aliphatic heterocycles. The molecule has 1 aromatic rings. The van der Waals surface area contributed by atoms with Gasteiger partial charge in [0.2, 0.25) is 0 Å². The van der Waals surface area contributed by atoms with Crippen molar-refractivity contribution < 1.29 is 4.79 Å². The number of nitrogens with zero attached hydrogens (tertiary/aromatic N) is 1. The van der Waals surface area contributed by atoms with E-state index in [4.69, 9.17) is 23.2 Å². The summed E-state index contributed by atoms with van der Waals surface area (Å²) in [5.74, 6) is 0. The first kappa shape index (κ1) is 26.0. The second-order valence-corrected chi connectivity index (χ2v) is 5.86. The Labute approximate surface area is 164 Å². The van der Waals surface area contributed by atoms with E-state index in [9.17, 15) is 4.79 Å². The van der Waals surface area contributed by atoms with Crippen molar-refractivity contribution in [1.29, 1.82) is 0 Å². The van der Waals surface area contributed by atoms with Crippen LogP contribution < -0.4 is 0 Å². The molecular weight excluding hydrogens is 353 g/mol. The van der Waals surface area contributed by atoms with Crippen LogP contribution in [-0.2, 0) is 11.3 Å². The van der Waals surface area contributed by atoms with Crippen LogP contribution >= 0.6 is 23.2 Å². The van der Waals surface area contributed by atoms with Crippen LogP contribution in [0.3, 0.4) is 0 Å². The SMILES string of the molecule is C=C(CCC)/C(=C\N(C)Cc1ccc(Cl)c(Cl)c1)CC=O.CC.CC. The Balaban J connectivity index is 0. The van der Waals surface area contributed by atoms with E-state index in [1.54, 1.807) is 6.07 Å². The topological polar surface area (TPSA) is 20.3 Å². The van der Waals surface area contributed by atoms with E-state index in [0.717, 1.165) is 35.8 Å². The molecule has 0 radical (unpaired) electrons. The van der Waals surface area contributed by atoms with E-state index in [1.165, 1.54) is 0 Å². The third kappa shape index (κ3) is 11.1. The first-order valence-corrected chi connectivity index (χ1v) is 9.70. The summed E-state index contributed by atoms with van der Waals surface area (Å²) in [6.07, 6.45) is 5.21. The van der Waals surface area contributed by atoms with E-state index in [2.05, 4.69) is 13.5 Å². The van der Waals surface area contributed by atoms with E-state index in [0.29, 0.717) is 23.0 Å². The van der Waals surface area contributed by atoms with Crippen LogP contribution in [0.2, 0.25) is 10.0 Å². The van der Waals surface area contributed by atoms with Crippen LogP contribution in [0.1, 0.15) is 59.4 Å². The standard InChI is InChI=1S/C17H21Cl2NO.2C2H6/c1-4-5-13(2)15(8-9-21)12-20(3)11-14-6-7-16(18)17(19)10-14;2*1-2/h6-7,9-10,12H,2,4-5,8,11H2,1,3H3;2*1-2H3/b15-12-;;. The largest absolute Gasteiger partial charge is 0.376 e. The number of hydrogen-bond donors (Lipinski definition) is 0. The Hall–Kier alpha value is -1.25. The summed E-state index contributed by atoms with van der Waals surface area (Å²) in [6, 6.07) is 5.59. The fourth-order valence-electron chi connectivity index (χ4n) is 2.08. The molecule has 0 aliphatic rings. The number of allylic oxidation sites excluding steroid dienone is 2. The van der Waals surface area contributed by atoms with E-state index >= 15 is 0 Å². The van der Waals surface area contributed by atoms with Gasteiger partial charge in [0.1, 0.15) is 6.29 Å². The maximum atomic E-state index is 10.8. The molecule has 0 N–H and O–H groups in total. The zero-order valence-electron chi connectivity index (χ0n) is 16.5. The van der Waals surface area contributed by atoms with Gasteiger partial charge in [-0.2, -0.15) is 0 Å². The zero-order valence-corrected chi connectivity index (χ0v) is 18.0. The molecule has 0 amide bonds. The van der Waals surface area contributed by atoms with Crippen molar-refractivity contribution >= 4 is 29.5 Å². The number of benzene rings is 1. The van der Waals surface area contributed by atoms with Crippen molar-refractivity contribution in [2.24, 2.45) is 0 Å². The Morgan fingerprint density at radius 2 is 1.76 bits per heavy atom. The quantitative estimate of drug-likeness (QED) is 0.345. The first-order chi connectivity index (χ1) is 12.0. The number of halogens is 2. The molecule has 0 spiro atoms. The monoisotopic (exact) mass is 385 g/mol. The third-order valence-electron chi connectivity index (χ3n) is 3.10. The van der Waals surface area contributed by atoms with Crippen molar-refractivity contribution in [3.8, 4) is 0 Å². The van der Waals surface area contributed by atoms with Crippen molar-refractivity contribution in [1.82, 2.24) is 4.90 Å². The second kappa shape index (κ2) is 16.2. The van der Waals surface area contributed by atoms with Crippen LogP contribution in [0, 0.1) is 0 Å². The smallest absolute Gasteiger partial charge is 0.124 e. The second-order valence-electron chi connectivity index (χ2n) is 5.04. The van der Waals surface area contributed by atoms with Gasteiger partial charge in [-0.25, -0.2) is 0 Å². The van der Waals surface area contributed by atoms with Gasteiger partial charge < -0.3 is 9.69 Å². The maximum Gasteiger partial charge on any atom is 0.124 e. The first-order valence-electron chi connectivity index (χ1n) is 8.94. The molecule has 4 heteroatoms. The van der Waals surface area contributed by atoms with E-state index in [-0.39, 0.29) is 0 Å². The van der Waals surface area contributed by atoms with E-state index in [1.807, 2.05) is 58.0 Å². The fourth-order valence-corrected chi connectivity index (χ4v) is 2.40. The molecule has 0 bridgehead atoms. The Kier molecular flexibility index (Phi) is 16.9. The molecule has 25 heavy (non-hydrogen) atoms. The summed E-state index contributed by atoms with van der Waals surface area (Å²) in [7, 11) is 1.96. The van der Waals surface area contributed by atoms with Gasteiger partial charge >= 0.3 is 0 Å². The predicted octanol–water partition coefficient (Wildman–Crippen LogP) is 7.31. The molecule has 142 valence electrons. The number of carbonyl (C=O) groups is 1. The summed E-state index contributed by atoms with van der Waals surface area (Å²) in [4.78, 5) is 12.8. The highest BCUT2D eigenvalue weighted by molar-refractivity contribution is 6.42. The van der Waals surface area contributed by atoms with Gasteiger partial charge in [0.15, 0.2) is 0 Å². The number of rotatable bonds is 8. The molecule has 0 saturated heterocycles. The lowest BCUT2D eigenvalue weighted by atomic mass is 10.0. The van der Waals surface area contributed by atoms with Gasteiger partial charge in [-0.05, 0) is 29.7 Å². The lowest BCUT2D eigenvalue weighted by Gasteiger charge is -2.18. The van der Waals surface area contributed by atoms with Gasteiger partial charge in [-0.3, -0.25) is 0 Å². The van der Waals surface area contributed by atoms with E-state index < -0.39 is 0 Å². The Morgan fingerprint density at radius 3 is 2.24 bits per heavy atom. The molecule has 2 nitrogen and oxygen atoms in total. The highest BCUT2D eigenvalue weighted by Gasteiger charge is 2.05. The number of aldehydes is 1. The minimum absolute atomic E-state index is 0.393. The minimum atomic E-state index is 0.393. The van der Waals surface area contributed by atoms with Gasteiger partial charge in [-0.1, -0.05) is 82.5 Å². The van der Waals surface area contributed by atoms with Crippen LogP contribution in [0.4, 0.5) is 0 Å². The molecule has 0 unspecified atom stereocenters. The lowest BCUT2D eigenvalue weighted by Crippen LogP contribution is -2.12. The zero-order chi connectivity index (χ0) is 19.8. The molecule has 0 heterocycles. The molecule has 0 aliphatic carbocycles. The average Bonchev–Trinajstić information content (AvgIpc) is 2.61. The van der Waals surface area contributed by atoms with Crippen LogP contribution in [0.25, 0.3) is 0 Å². The van der Waals surface area contributed by atoms with Gasteiger partial charge in [0.05, 0.1) is 10.0 Å². The highest BCUT2D eigenvalue weighted by Crippen LogP contribution is 2.23. The molecular formula is C21H33Cl2NO. The fraction of sp³-hybridized carbons (Fsp3) is 0.476. The molecule has 1 aromatic carbocycles. The number of hydrogen-bond acceptors (Lipinski definition) is 2. The average molecular weight is 386 g/mol. The summed E-state index contributed by atoms with van der Waals surface area (Å²) < 4.78 is 0. The summed E-state index contributed by atoms with van der Waals surface area (Å²) in [5.41, 5.74) is 3.06. The third-order valence-corrected chi connectivity index (χ3v) is 3.84. The Bertz CT molecular complexity index is 539. The van der Waals surface area contributed by atoms with Crippen molar-refractivity contribution in [2.45, 2.75) is 60.4 Å². The number of carbonyl (C=O) groups excluding carboxylic acids is 1. The summed E-state index contributed by atoms with van der Waals surface area (Å²) >= 11 is 11.9.